The summed E-state index contributed by atoms with van der Waals surface area (Å²) in [5, 5.41) is 0. The van der Waals surface area contributed by atoms with E-state index in [1.54, 1.807) is 0 Å². The Morgan fingerprint density at radius 3 is 2.94 bits per heavy atom. The summed E-state index contributed by atoms with van der Waals surface area (Å²) >= 11 is 3.50. The number of hydrogen-bond donors (Lipinski definition) is 0. The van der Waals surface area contributed by atoms with Crippen molar-refractivity contribution in [2.45, 2.75) is 44.9 Å². The highest BCUT2D eigenvalue weighted by Gasteiger charge is 2.25. The largest absolute Gasteiger partial charge is 0.315 e. The molecule has 1 aliphatic heterocycles. The van der Waals surface area contributed by atoms with Crippen molar-refractivity contribution in [3.63, 3.8) is 0 Å². The molecule has 0 saturated carbocycles. The van der Waals surface area contributed by atoms with Gasteiger partial charge in [-0.2, -0.15) is 0 Å². The quantitative estimate of drug-likeness (QED) is 0.806. The molecule has 1 unspecified atom stereocenters. The maximum atomic E-state index is 12.0. The smallest absolute Gasteiger partial charge is 0.226 e. The van der Waals surface area contributed by atoms with E-state index in [1.807, 2.05) is 11.9 Å². The normalized spacial score (nSPS) is 19.6. The molecule has 3 heteroatoms. The lowest BCUT2D eigenvalue weighted by Gasteiger charge is -2.20. The van der Waals surface area contributed by atoms with Crippen molar-refractivity contribution in [2.24, 2.45) is 0 Å². The molecule has 1 heterocycles. The Balaban J connectivity index is 2.37. The van der Waals surface area contributed by atoms with Crippen LogP contribution in [0.3, 0.4) is 0 Å². The Kier molecular flexibility index (Phi) is 4.44. The second-order valence-corrected chi connectivity index (χ2v) is 5.95. The van der Waals surface area contributed by atoms with Crippen LogP contribution in [0.2, 0.25) is 0 Å². The average molecular weight is 310 g/mol. The van der Waals surface area contributed by atoms with Crippen LogP contribution in [0.25, 0.3) is 0 Å². The average Bonchev–Trinajstić information content (AvgIpc) is 2.48. The summed E-state index contributed by atoms with van der Waals surface area (Å²) in [5.74, 6) is 0.760. The first kappa shape index (κ1) is 13.6. The molecule has 0 fully saturated rings. The predicted octanol–water partition coefficient (Wildman–Crippen LogP) is 4.48. The summed E-state index contributed by atoms with van der Waals surface area (Å²) in [6, 6.07) is 6.33. The van der Waals surface area contributed by atoms with Gasteiger partial charge >= 0.3 is 0 Å². The van der Waals surface area contributed by atoms with E-state index in [4.69, 9.17) is 0 Å². The van der Waals surface area contributed by atoms with Crippen molar-refractivity contribution >= 4 is 27.5 Å². The van der Waals surface area contributed by atoms with E-state index in [0.717, 1.165) is 16.6 Å². The first-order valence-corrected chi connectivity index (χ1v) is 7.48. The fraction of sp³-hybridized carbons (Fsp3) is 0.533. The minimum Gasteiger partial charge on any atom is -0.315 e. The van der Waals surface area contributed by atoms with Crippen molar-refractivity contribution in [1.82, 2.24) is 0 Å². The molecule has 0 saturated heterocycles. The summed E-state index contributed by atoms with van der Waals surface area (Å²) in [4.78, 5) is 13.8. The highest BCUT2D eigenvalue weighted by atomic mass is 79.9. The van der Waals surface area contributed by atoms with Gasteiger partial charge in [0.25, 0.3) is 0 Å². The molecule has 0 N–H and O–H groups in total. The first-order valence-electron chi connectivity index (χ1n) is 6.69. The molecule has 1 aliphatic rings. The molecule has 2 nitrogen and oxygen atoms in total. The number of carbonyl (C=O) groups excluding carboxylic acids is 1. The van der Waals surface area contributed by atoms with E-state index >= 15 is 0 Å². The number of anilines is 1. The number of rotatable bonds is 3. The van der Waals surface area contributed by atoms with Gasteiger partial charge in [0.05, 0.1) is 0 Å². The van der Waals surface area contributed by atoms with Gasteiger partial charge in [0.1, 0.15) is 0 Å². The lowest BCUT2D eigenvalue weighted by atomic mass is 9.89. The highest BCUT2D eigenvalue weighted by Crippen LogP contribution is 2.38. The van der Waals surface area contributed by atoms with Crippen LogP contribution in [0.5, 0.6) is 0 Å². The third-order valence-corrected chi connectivity index (χ3v) is 4.27. The minimum absolute atomic E-state index is 0.230. The molecule has 0 aliphatic carbocycles. The molecule has 98 valence electrons. The lowest BCUT2D eigenvalue weighted by Crippen LogP contribution is -2.24. The molecule has 1 atom stereocenters. The monoisotopic (exact) mass is 309 g/mol. The number of amides is 1. The molecule has 18 heavy (non-hydrogen) atoms. The predicted molar refractivity (Wildman–Crippen MR) is 79.1 cm³/mol. The number of carbonyl (C=O) groups is 1. The maximum Gasteiger partial charge on any atom is 0.226 e. The summed E-state index contributed by atoms with van der Waals surface area (Å²) in [6.45, 7) is 2.22. The van der Waals surface area contributed by atoms with Crippen molar-refractivity contribution in [3.05, 3.63) is 28.2 Å². The molecule has 2 rings (SSSR count). The zero-order chi connectivity index (χ0) is 13.1. The van der Waals surface area contributed by atoms with Crippen LogP contribution in [-0.2, 0) is 4.79 Å². The van der Waals surface area contributed by atoms with Crippen molar-refractivity contribution in [3.8, 4) is 0 Å². The second-order valence-electron chi connectivity index (χ2n) is 5.03. The van der Waals surface area contributed by atoms with Crippen molar-refractivity contribution < 1.29 is 4.79 Å². The van der Waals surface area contributed by atoms with Gasteiger partial charge in [-0.1, -0.05) is 41.8 Å². The number of fused-ring (bicyclic) bond motifs is 1. The standard InChI is InChI=1S/C15H20BrNO/c1-3-4-5-11-6-9-15(18)17(2)14-10-12(16)7-8-13(11)14/h7-8,10-11H,3-6,9H2,1-2H3. The van der Waals surface area contributed by atoms with Gasteiger partial charge < -0.3 is 4.90 Å². The van der Waals surface area contributed by atoms with Gasteiger partial charge in [-0.05, 0) is 36.5 Å². The molecular formula is C15H20BrNO. The second kappa shape index (κ2) is 5.87. The van der Waals surface area contributed by atoms with Crippen LogP contribution in [0.1, 0.15) is 50.5 Å². The Morgan fingerprint density at radius 2 is 2.22 bits per heavy atom. The van der Waals surface area contributed by atoms with Gasteiger partial charge in [0, 0.05) is 23.6 Å². The molecule has 1 aromatic rings. The maximum absolute atomic E-state index is 12.0. The van der Waals surface area contributed by atoms with E-state index in [-0.39, 0.29) is 5.91 Å². The topological polar surface area (TPSA) is 20.3 Å². The molecule has 1 amide bonds. The van der Waals surface area contributed by atoms with Gasteiger partial charge in [-0.15, -0.1) is 0 Å². The van der Waals surface area contributed by atoms with Crippen LogP contribution in [-0.4, -0.2) is 13.0 Å². The minimum atomic E-state index is 0.230. The van der Waals surface area contributed by atoms with Crippen LogP contribution in [0, 0.1) is 0 Å². The summed E-state index contributed by atoms with van der Waals surface area (Å²) in [6.07, 6.45) is 5.28. The molecule has 0 aromatic heterocycles. The van der Waals surface area contributed by atoms with Gasteiger partial charge in [-0.25, -0.2) is 0 Å². The van der Waals surface area contributed by atoms with Gasteiger partial charge in [0.15, 0.2) is 0 Å². The first-order chi connectivity index (χ1) is 8.63. The SMILES string of the molecule is CCCCC1CCC(=O)N(C)c2cc(Br)ccc21. The zero-order valence-electron chi connectivity index (χ0n) is 11.1. The Hall–Kier alpha value is -0.830. The molecule has 0 bridgehead atoms. The van der Waals surface area contributed by atoms with Gasteiger partial charge in [0.2, 0.25) is 5.91 Å². The van der Waals surface area contributed by atoms with Crippen molar-refractivity contribution in [2.75, 3.05) is 11.9 Å². The highest BCUT2D eigenvalue weighted by molar-refractivity contribution is 9.10. The number of unbranched alkanes of at least 4 members (excludes halogenated alkanes) is 1. The number of hydrogen-bond acceptors (Lipinski definition) is 1. The molecule has 1 aromatic carbocycles. The fourth-order valence-electron chi connectivity index (χ4n) is 2.66. The molecule has 0 radical (unpaired) electrons. The zero-order valence-corrected chi connectivity index (χ0v) is 12.7. The van der Waals surface area contributed by atoms with Crippen molar-refractivity contribution in [1.29, 1.82) is 0 Å². The Bertz CT molecular complexity index is 444. The summed E-state index contributed by atoms with van der Waals surface area (Å²) < 4.78 is 1.04. The van der Waals surface area contributed by atoms with Crippen LogP contribution in [0.4, 0.5) is 5.69 Å². The third-order valence-electron chi connectivity index (χ3n) is 3.78. The molecular weight excluding hydrogens is 290 g/mol. The van der Waals surface area contributed by atoms with Crippen LogP contribution in [0.15, 0.2) is 22.7 Å². The van der Waals surface area contributed by atoms with E-state index in [1.165, 1.54) is 24.8 Å². The third kappa shape index (κ3) is 2.77. The van der Waals surface area contributed by atoms with Gasteiger partial charge in [-0.3, -0.25) is 4.79 Å². The summed E-state index contributed by atoms with van der Waals surface area (Å²) in [5.41, 5.74) is 2.41. The number of halogens is 1. The fourth-order valence-corrected chi connectivity index (χ4v) is 3.01. The Labute approximate surface area is 117 Å². The van der Waals surface area contributed by atoms with Crippen LogP contribution >= 0.6 is 15.9 Å². The summed E-state index contributed by atoms with van der Waals surface area (Å²) in [7, 11) is 1.88. The number of nitrogens with zero attached hydrogens (tertiary/aromatic N) is 1. The lowest BCUT2D eigenvalue weighted by molar-refractivity contribution is -0.118. The van der Waals surface area contributed by atoms with E-state index in [0.29, 0.717) is 12.3 Å². The Morgan fingerprint density at radius 1 is 1.44 bits per heavy atom. The van der Waals surface area contributed by atoms with Crippen LogP contribution < -0.4 is 4.90 Å². The molecule has 0 spiro atoms. The number of benzene rings is 1. The van der Waals surface area contributed by atoms with E-state index in [9.17, 15) is 4.79 Å². The van der Waals surface area contributed by atoms with E-state index in [2.05, 4.69) is 41.1 Å². The van der Waals surface area contributed by atoms with E-state index < -0.39 is 0 Å².